The molecule has 0 aromatic carbocycles. The van der Waals surface area contributed by atoms with E-state index in [0.717, 1.165) is 18.5 Å². The molecule has 0 unspecified atom stereocenters. The van der Waals surface area contributed by atoms with Gasteiger partial charge in [0, 0.05) is 18.2 Å². The van der Waals surface area contributed by atoms with E-state index in [1.807, 2.05) is 20.8 Å². The Morgan fingerprint density at radius 3 is 2.59 bits per heavy atom. The van der Waals surface area contributed by atoms with Gasteiger partial charge in [0.25, 0.3) is 0 Å². The van der Waals surface area contributed by atoms with E-state index in [4.69, 9.17) is 23.2 Å². The maximum Gasteiger partial charge on any atom is 0.228 e. The van der Waals surface area contributed by atoms with Crippen molar-refractivity contribution in [2.75, 3.05) is 5.32 Å². The lowest BCUT2D eigenvalue weighted by Crippen LogP contribution is -2.23. The van der Waals surface area contributed by atoms with E-state index in [9.17, 15) is 4.79 Å². The molecule has 5 nitrogen and oxygen atoms in total. The number of rotatable bonds is 5. The normalized spacial score (nSPS) is 11.0. The second kappa shape index (κ2) is 7.11. The molecule has 22 heavy (non-hydrogen) atoms. The second-order valence-corrected chi connectivity index (χ2v) is 5.89. The first-order chi connectivity index (χ1) is 10.5. The summed E-state index contributed by atoms with van der Waals surface area (Å²) in [6.07, 6.45) is 3.07. The van der Waals surface area contributed by atoms with Gasteiger partial charge in [-0.2, -0.15) is 9.78 Å². The molecule has 0 aliphatic rings. The number of halogens is 2. The number of aromatic nitrogens is 3. The van der Waals surface area contributed by atoms with Crippen LogP contribution in [-0.4, -0.2) is 20.7 Å². The number of nitrogens with zero attached hydrogens (tertiary/aromatic N) is 3. The second-order valence-electron chi connectivity index (χ2n) is 5.04. The number of nitrogens with one attached hydrogen (secondary N) is 1. The van der Waals surface area contributed by atoms with Crippen molar-refractivity contribution in [1.29, 1.82) is 0 Å². The smallest absolute Gasteiger partial charge is 0.228 e. The fourth-order valence-electron chi connectivity index (χ4n) is 2.20. The van der Waals surface area contributed by atoms with Gasteiger partial charge in [-0.3, -0.25) is 4.79 Å². The van der Waals surface area contributed by atoms with Crippen molar-refractivity contribution in [2.24, 2.45) is 5.92 Å². The number of hydrogen-bond acceptors (Lipinski definition) is 3. The number of amides is 1. The zero-order valence-electron chi connectivity index (χ0n) is 12.7. The summed E-state index contributed by atoms with van der Waals surface area (Å²) in [5.74, 6) is 0.915. The molecule has 0 fully saturated rings. The van der Waals surface area contributed by atoms with Crippen LogP contribution in [0.15, 0.2) is 18.3 Å². The van der Waals surface area contributed by atoms with Crippen LogP contribution in [0.3, 0.4) is 0 Å². The molecule has 0 radical (unpaired) electrons. The number of carbonyl (C=O) groups is 1. The monoisotopic (exact) mass is 340 g/mol. The van der Waals surface area contributed by atoms with Gasteiger partial charge in [0.1, 0.15) is 5.82 Å². The Kier molecular flexibility index (Phi) is 5.42. The standard InChI is InChI=1S/C15H18Cl2N4O/c1-4-10(5-2)15(22)19-13-6-9(3)20-21(13)14-12(17)7-11(16)8-18-14/h6-8,10H,4-5H2,1-3H3,(H,19,22). The molecule has 2 aromatic heterocycles. The molecule has 0 aliphatic heterocycles. The fourth-order valence-corrected chi connectivity index (χ4v) is 2.66. The topological polar surface area (TPSA) is 59.8 Å². The molecule has 0 spiro atoms. The Balaban J connectivity index is 2.36. The van der Waals surface area contributed by atoms with Gasteiger partial charge >= 0.3 is 0 Å². The largest absolute Gasteiger partial charge is 0.310 e. The van der Waals surface area contributed by atoms with Gasteiger partial charge in [-0.05, 0) is 25.8 Å². The molecule has 2 aromatic rings. The lowest BCUT2D eigenvalue weighted by Gasteiger charge is -2.14. The fraction of sp³-hybridized carbons (Fsp3) is 0.400. The van der Waals surface area contributed by atoms with Crippen LogP contribution in [0.2, 0.25) is 10.0 Å². The minimum atomic E-state index is -0.0313. The van der Waals surface area contributed by atoms with Crippen molar-refractivity contribution >= 4 is 34.9 Å². The predicted molar refractivity (Wildman–Crippen MR) is 88.8 cm³/mol. The maximum atomic E-state index is 12.3. The van der Waals surface area contributed by atoms with E-state index < -0.39 is 0 Å². The van der Waals surface area contributed by atoms with Gasteiger partial charge in [-0.1, -0.05) is 37.0 Å². The average molecular weight is 341 g/mol. The van der Waals surface area contributed by atoms with Gasteiger partial charge in [0.05, 0.1) is 15.7 Å². The van der Waals surface area contributed by atoms with Crippen LogP contribution in [0.4, 0.5) is 5.82 Å². The molecule has 0 saturated heterocycles. The number of aryl methyl sites for hydroxylation is 1. The lowest BCUT2D eigenvalue weighted by molar-refractivity contribution is -0.120. The van der Waals surface area contributed by atoms with Crippen LogP contribution in [0, 0.1) is 12.8 Å². The summed E-state index contributed by atoms with van der Waals surface area (Å²) in [6, 6.07) is 3.38. The number of hydrogen-bond donors (Lipinski definition) is 1. The molecule has 1 amide bonds. The van der Waals surface area contributed by atoms with E-state index in [0.29, 0.717) is 21.7 Å². The average Bonchev–Trinajstić information content (AvgIpc) is 2.80. The highest BCUT2D eigenvalue weighted by molar-refractivity contribution is 6.35. The SMILES string of the molecule is CCC(CC)C(=O)Nc1cc(C)nn1-c1ncc(Cl)cc1Cl. The molecule has 2 rings (SSSR count). The lowest BCUT2D eigenvalue weighted by atomic mass is 10.0. The van der Waals surface area contributed by atoms with E-state index in [-0.39, 0.29) is 11.8 Å². The first-order valence-electron chi connectivity index (χ1n) is 7.15. The number of carbonyl (C=O) groups excluding carboxylic acids is 1. The summed E-state index contributed by atoms with van der Waals surface area (Å²) in [5, 5.41) is 8.06. The molecular formula is C15H18Cl2N4O. The van der Waals surface area contributed by atoms with E-state index in [2.05, 4.69) is 15.4 Å². The highest BCUT2D eigenvalue weighted by Gasteiger charge is 2.18. The quantitative estimate of drug-likeness (QED) is 0.884. The van der Waals surface area contributed by atoms with Crippen molar-refractivity contribution in [3.05, 3.63) is 34.1 Å². The Morgan fingerprint density at radius 1 is 1.32 bits per heavy atom. The molecule has 0 bridgehead atoms. The molecule has 7 heteroatoms. The van der Waals surface area contributed by atoms with Crippen molar-refractivity contribution in [2.45, 2.75) is 33.6 Å². The van der Waals surface area contributed by atoms with Crippen molar-refractivity contribution in [3.8, 4) is 5.82 Å². The van der Waals surface area contributed by atoms with Gasteiger partial charge in [-0.15, -0.1) is 0 Å². The van der Waals surface area contributed by atoms with Crippen molar-refractivity contribution in [1.82, 2.24) is 14.8 Å². The highest BCUT2D eigenvalue weighted by Crippen LogP contribution is 2.25. The van der Waals surface area contributed by atoms with Gasteiger partial charge in [0.15, 0.2) is 5.82 Å². The van der Waals surface area contributed by atoms with E-state index in [1.165, 1.54) is 10.9 Å². The number of anilines is 1. The summed E-state index contributed by atoms with van der Waals surface area (Å²) in [5.41, 5.74) is 0.757. The first-order valence-corrected chi connectivity index (χ1v) is 7.90. The predicted octanol–water partition coefficient (Wildman–Crippen LogP) is 4.26. The highest BCUT2D eigenvalue weighted by atomic mass is 35.5. The summed E-state index contributed by atoms with van der Waals surface area (Å²) >= 11 is 12.0. The summed E-state index contributed by atoms with van der Waals surface area (Å²) in [4.78, 5) is 16.5. The van der Waals surface area contributed by atoms with Crippen LogP contribution in [0.1, 0.15) is 32.4 Å². The Labute approximate surface area is 139 Å². The molecule has 0 saturated carbocycles. The minimum Gasteiger partial charge on any atom is -0.310 e. The zero-order valence-corrected chi connectivity index (χ0v) is 14.2. The Bertz CT molecular complexity index is 680. The molecule has 118 valence electrons. The molecule has 0 aliphatic carbocycles. The van der Waals surface area contributed by atoms with Crippen LogP contribution < -0.4 is 5.32 Å². The van der Waals surface area contributed by atoms with Gasteiger partial charge in [0.2, 0.25) is 5.91 Å². The van der Waals surface area contributed by atoms with Gasteiger partial charge in [-0.25, -0.2) is 4.98 Å². The molecule has 1 N–H and O–H groups in total. The zero-order chi connectivity index (χ0) is 16.3. The van der Waals surface area contributed by atoms with E-state index >= 15 is 0 Å². The van der Waals surface area contributed by atoms with Gasteiger partial charge < -0.3 is 5.32 Å². The number of pyridine rings is 1. The molecule has 2 heterocycles. The van der Waals surface area contributed by atoms with Crippen LogP contribution in [0.25, 0.3) is 5.82 Å². The van der Waals surface area contributed by atoms with Crippen LogP contribution >= 0.6 is 23.2 Å². The summed E-state index contributed by atoms with van der Waals surface area (Å²) < 4.78 is 1.52. The van der Waals surface area contributed by atoms with Crippen molar-refractivity contribution < 1.29 is 4.79 Å². The Hall–Kier alpha value is -1.59. The third kappa shape index (κ3) is 3.59. The molecule has 0 atom stereocenters. The third-order valence-corrected chi connectivity index (χ3v) is 3.91. The Morgan fingerprint density at radius 2 is 2.00 bits per heavy atom. The minimum absolute atomic E-state index is 0.0303. The molecular weight excluding hydrogens is 323 g/mol. The van der Waals surface area contributed by atoms with Crippen molar-refractivity contribution in [3.63, 3.8) is 0 Å². The summed E-state index contributed by atoms with van der Waals surface area (Å²) in [7, 11) is 0. The van der Waals surface area contributed by atoms with Crippen LogP contribution in [0.5, 0.6) is 0 Å². The summed E-state index contributed by atoms with van der Waals surface area (Å²) in [6.45, 7) is 5.83. The third-order valence-electron chi connectivity index (χ3n) is 3.43. The maximum absolute atomic E-state index is 12.3. The van der Waals surface area contributed by atoms with Crippen LogP contribution in [-0.2, 0) is 4.79 Å². The first kappa shape index (κ1) is 16.8. The van der Waals surface area contributed by atoms with E-state index in [1.54, 1.807) is 12.1 Å².